The number of methoxy groups -OCH3 is 1. The van der Waals surface area contributed by atoms with Gasteiger partial charge < -0.3 is 10.1 Å². The Hall–Kier alpha value is -0.860. The lowest BCUT2D eigenvalue weighted by Gasteiger charge is -2.31. The van der Waals surface area contributed by atoms with Gasteiger partial charge in [0, 0.05) is 19.8 Å². The van der Waals surface area contributed by atoms with Gasteiger partial charge in [-0.05, 0) is 36.4 Å². The van der Waals surface area contributed by atoms with Crippen LogP contribution in [0, 0.1) is 5.92 Å². The van der Waals surface area contributed by atoms with E-state index in [0.29, 0.717) is 12.0 Å². The predicted molar refractivity (Wildman–Crippen MR) is 66.5 cm³/mol. The molecule has 0 bridgehead atoms. The van der Waals surface area contributed by atoms with Crippen LogP contribution in [0.2, 0.25) is 0 Å². The maximum Gasteiger partial charge on any atom is 0.0465 e. The first-order valence-electron chi connectivity index (χ1n) is 6.13. The summed E-state index contributed by atoms with van der Waals surface area (Å²) in [6, 6.07) is 9.30. The van der Waals surface area contributed by atoms with E-state index >= 15 is 0 Å². The minimum Gasteiger partial charge on any atom is -0.385 e. The molecule has 88 valence electrons. The van der Waals surface area contributed by atoms with E-state index in [4.69, 9.17) is 4.74 Å². The van der Waals surface area contributed by atoms with Gasteiger partial charge in [0.15, 0.2) is 0 Å². The first-order chi connectivity index (χ1) is 7.83. The van der Waals surface area contributed by atoms with Crippen molar-refractivity contribution in [2.24, 2.45) is 5.92 Å². The smallest absolute Gasteiger partial charge is 0.0465 e. The fourth-order valence-corrected chi connectivity index (χ4v) is 2.52. The highest BCUT2D eigenvalue weighted by molar-refractivity contribution is 5.32. The third kappa shape index (κ3) is 2.45. The SMILES string of the molecule is COCCC(C)C1NCCc2ccccc21. The summed E-state index contributed by atoms with van der Waals surface area (Å²) in [5, 5.41) is 3.63. The molecule has 1 N–H and O–H groups in total. The van der Waals surface area contributed by atoms with Crippen LogP contribution in [0.5, 0.6) is 0 Å². The van der Waals surface area contributed by atoms with Gasteiger partial charge in [0.1, 0.15) is 0 Å². The molecule has 1 aromatic carbocycles. The first-order valence-corrected chi connectivity index (χ1v) is 6.13. The lowest BCUT2D eigenvalue weighted by atomic mass is 9.86. The van der Waals surface area contributed by atoms with Crippen LogP contribution in [-0.4, -0.2) is 20.3 Å². The van der Waals surface area contributed by atoms with Crippen LogP contribution in [0.3, 0.4) is 0 Å². The number of hydrogen-bond donors (Lipinski definition) is 1. The Morgan fingerprint density at radius 2 is 2.25 bits per heavy atom. The van der Waals surface area contributed by atoms with Crippen molar-refractivity contribution in [2.45, 2.75) is 25.8 Å². The second kappa shape index (κ2) is 5.46. The highest BCUT2D eigenvalue weighted by atomic mass is 16.5. The standard InChI is InChI=1S/C14H21NO/c1-11(8-10-16-2)14-13-6-4-3-5-12(13)7-9-15-14/h3-6,11,14-15H,7-10H2,1-2H3. The molecule has 1 aliphatic heterocycles. The predicted octanol–water partition coefficient (Wildman–Crippen LogP) is 2.55. The van der Waals surface area contributed by atoms with E-state index in [0.717, 1.165) is 26.0 Å². The Morgan fingerprint density at radius 3 is 3.06 bits per heavy atom. The quantitative estimate of drug-likeness (QED) is 0.840. The van der Waals surface area contributed by atoms with E-state index in [1.807, 2.05) is 0 Å². The van der Waals surface area contributed by atoms with Crippen molar-refractivity contribution in [1.82, 2.24) is 5.32 Å². The summed E-state index contributed by atoms with van der Waals surface area (Å²) >= 11 is 0. The van der Waals surface area contributed by atoms with Gasteiger partial charge in [-0.25, -0.2) is 0 Å². The Labute approximate surface area is 98.0 Å². The maximum atomic E-state index is 5.16. The molecule has 2 heteroatoms. The summed E-state index contributed by atoms with van der Waals surface area (Å²) < 4.78 is 5.16. The lowest BCUT2D eigenvalue weighted by molar-refractivity contribution is 0.169. The number of hydrogen-bond acceptors (Lipinski definition) is 2. The zero-order valence-electron chi connectivity index (χ0n) is 10.2. The molecular formula is C14H21NO. The molecule has 0 saturated carbocycles. The van der Waals surface area contributed by atoms with Crippen LogP contribution >= 0.6 is 0 Å². The Morgan fingerprint density at radius 1 is 1.44 bits per heavy atom. The monoisotopic (exact) mass is 219 g/mol. The molecule has 0 aliphatic carbocycles. The van der Waals surface area contributed by atoms with Crippen LogP contribution in [0.15, 0.2) is 24.3 Å². The summed E-state index contributed by atoms with van der Waals surface area (Å²) in [5.41, 5.74) is 2.99. The molecule has 1 aliphatic rings. The van der Waals surface area contributed by atoms with Gasteiger partial charge in [-0.2, -0.15) is 0 Å². The van der Waals surface area contributed by atoms with Crippen LogP contribution in [0.1, 0.15) is 30.5 Å². The summed E-state index contributed by atoms with van der Waals surface area (Å²) in [7, 11) is 1.77. The highest BCUT2D eigenvalue weighted by Gasteiger charge is 2.23. The van der Waals surface area contributed by atoms with Gasteiger partial charge in [-0.1, -0.05) is 31.2 Å². The summed E-state index contributed by atoms with van der Waals surface area (Å²) in [6.45, 7) is 4.25. The summed E-state index contributed by atoms with van der Waals surface area (Å²) in [6.07, 6.45) is 2.27. The molecule has 2 nitrogen and oxygen atoms in total. The maximum absolute atomic E-state index is 5.16. The third-order valence-corrected chi connectivity index (χ3v) is 3.50. The largest absolute Gasteiger partial charge is 0.385 e. The third-order valence-electron chi connectivity index (χ3n) is 3.50. The van der Waals surface area contributed by atoms with Gasteiger partial charge in [-0.3, -0.25) is 0 Å². The molecule has 0 radical (unpaired) electrons. The zero-order valence-corrected chi connectivity index (χ0v) is 10.2. The summed E-state index contributed by atoms with van der Waals surface area (Å²) in [4.78, 5) is 0. The van der Waals surface area contributed by atoms with Crippen LogP contribution in [0.4, 0.5) is 0 Å². The van der Waals surface area contributed by atoms with E-state index in [-0.39, 0.29) is 0 Å². The average Bonchev–Trinajstić information content (AvgIpc) is 2.35. The van der Waals surface area contributed by atoms with Crippen molar-refractivity contribution >= 4 is 0 Å². The topological polar surface area (TPSA) is 21.3 Å². The average molecular weight is 219 g/mol. The normalized spacial score (nSPS) is 21.5. The molecular weight excluding hydrogens is 198 g/mol. The van der Waals surface area contributed by atoms with E-state index in [9.17, 15) is 0 Å². The molecule has 0 fully saturated rings. The lowest BCUT2D eigenvalue weighted by Crippen LogP contribution is -2.34. The minimum absolute atomic E-state index is 0.500. The highest BCUT2D eigenvalue weighted by Crippen LogP contribution is 2.30. The first kappa shape index (κ1) is 11.6. The fourth-order valence-electron chi connectivity index (χ4n) is 2.52. The van der Waals surface area contributed by atoms with Crippen LogP contribution in [0.25, 0.3) is 0 Å². The summed E-state index contributed by atoms with van der Waals surface area (Å²) in [5.74, 6) is 0.626. The number of rotatable bonds is 4. The molecule has 2 rings (SSSR count). The molecule has 0 aromatic heterocycles. The van der Waals surface area contributed by atoms with Crippen LogP contribution in [-0.2, 0) is 11.2 Å². The zero-order chi connectivity index (χ0) is 11.4. The molecule has 2 atom stereocenters. The number of ether oxygens (including phenoxy) is 1. The molecule has 1 aromatic rings. The number of benzene rings is 1. The molecule has 1 heterocycles. The Bertz CT molecular complexity index is 337. The molecule has 16 heavy (non-hydrogen) atoms. The molecule has 2 unspecified atom stereocenters. The second-order valence-electron chi connectivity index (χ2n) is 4.64. The van der Waals surface area contributed by atoms with E-state index < -0.39 is 0 Å². The van der Waals surface area contributed by atoms with Gasteiger partial charge >= 0.3 is 0 Å². The van der Waals surface area contributed by atoms with Crippen molar-refractivity contribution in [1.29, 1.82) is 0 Å². The van der Waals surface area contributed by atoms with E-state index in [1.54, 1.807) is 7.11 Å². The second-order valence-corrected chi connectivity index (χ2v) is 4.64. The van der Waals surface area contributed by atoms with E-state index in [2.05, 4.69) is 36.5 Å². The fraction of sp³-hybridized carbons (Fsp3) is 0.571. The van der Waals surface area contributed by atoms with Crippen LogP contribution < -0.4 is 5.32 Å². The Kier molecular flexibility index (Phi) is 3.97. The van der Waals surface area contributed by atoms with E-state index in [1.165, 1.54) is 11.1 Å². The van der Waals surface area contributed by atoms with Crippen molar-refractivity contribution in [3.05, 3.63) is 35.4 Å². The van der Waals surface area contributed by atoms with Gasteiger partial charge in [-0.15, -0.1) is 0 Å². The molecule has 0 spiro atoms. The van der Waals surface area contributed by atoms with Crippen molar-refractivity contribution in [3.8, 4) is 0 Å². The Balaban J connectivity index is 2.12. The van der Waals surface area contributed by atoms with Crippen molar-refractivity contribution < 1.29 is 4.74 Å². The molecule has 0 amide bonds. The van der Waals surface area contributed by atoms with Crippen molar-refractivity contribution in [2.75, 3.05) is 20.3 Å². The number of fused-ring (bicyclic) bond motifs is 1. The van der Waals surface area contributed by atoms with Gasteiger partial charge in [0.05, 0.1) is 0 Å². The minimum atomic E-state index is 0.500. The molecule has 0 saturated heterocycles. The number of nitrogens with one attached hydrogen (secondary N) is 1. The van der Waals surface area contributed by atoms with Gasteiger partial charge in [0.25, 0.3) is 0 Å². The van der Waals surface area contributed by atoms with Crippen molar-refractivity contribution in [3.63, 3.8) is 0 Å². The van der Waals surface area contributed by atoms with Gasteiger partial charge in [0.2, 0.25) is 0 Å².